The molecule has 3 N–H and O–H groups in total. The summed E-state index contributed by atoms with van der Waals surface area (Å²) < 4.78 is 0. The Morgan fingerprint density at radius 2 is 2.20 bits per heavy atom. The summed E-state index contributed by atoms with van der Waals surface area (Å²) in [4.78, 5) is 0. The first kappa shape index (κ1) is 10.8. The van der Waals surface area contributed by atoms with Gasteiger partial charge in [0.15, 0.2) is 0 Å². The number of nitrogens with one attached hydrogen (secondary N) is 1. The third kappa shape index (κ3) is 2.44. The van der Waals surface area contributed by atoms with Crippen LogP contribution in [0, 0.1) is 5.41 Å². The molecule has 2 nitrogen and oxygen atoms in total. The second kappa shape index (κ2) is 3.69. The molecule has 0 amide bonds. The molecule has 0 saturated heterocycles. The van der Waals surface area contributed by atoms with Crippen LogP contribution in [-0.2, 0) is 6.54 Å². The number of nitrogen functional groups attached to an aromatic ring is 1. The maximum atomic E-state index is 5.86. The average molecular weight is 225 g/mol. The van der Waals surface area contributed by atoms with Gasteiger partial charge in [-0.2, -0.15) is 0 Å². The molecule has 1 aromatic rings. The van der Waals surface area contributed by atoms with Crippen LogP contribution < -0.4 is 11.1 Å². The standard InChI is InChI=1S/C12H17ClN2/c1-12(2)6-11(12)15-7-8-3-4-9(13)10(14)5-8/h3-5,11,15H,6-7,14H2,1-2H3. The highest BCUT2D eigenvalue weighted by Gasteiger charge is 2.44. The van der Waals surface area contributed by atoms with E-state index in [1.54, 1.807) is 0 Å². The molecule has 82 valence electrons. The molecule has 1 aliphatic rings. The Labute approximate surface area is 95.8 Å². The van der Waals surface area contributed by atoms with E-state index in [0.29, 0.717) is 22.2 Å². The fourth-order valence-electron chi connectivity index (χ4n) is 1.76. The van der Waals surface area contributed by atoms with E-state index in [1.165, 1.54) is 12.0 Å². The first-order chi connectivity index (χ1) is 6.99. The number of benzene rings is 1. The number of hydrogen-bond acceptors (Lipinski definition) is 2. The molecule has 1 atom stereocenters. The van der Waals surface area contributed by atoms with Gasteiger partial charge in [0.25, 0.3) is 0 Å². The lowest BCUT2D eigenvalue weighted by molar-refractivity contribution is 0.542. The summed E-state index contributed by atoms with van der Waals surface area (Å²) in [5.74, 6) is 0. The van der Waals surface area contributed by atoms with Crippen molar-refractivity contribution in [2.75, 3.05) is 5.73 Å². The van der Waals surface area contributed by atoms with Gasteiger partial charge in [0, 0.05) is 12.6 Å². The summed E-state index contributed by atoms with van der Waals surface area (Å²) in [7, 11) is 0. The molecule has 0 aromatic heterocycles. The van der Waals surface area contributed by atoms with E-state index in [0.717, 1.165) is 6.54 Å². The Hall–Kier alpha value is -0.730. The van der Waals surface area contributed by atoms with Gasteiger partial charge >= 0.3 is 0 Å². The second-order valence-corrected chi connectivity index (χ2v) is 5.39. The van der Waals surface area contributed by atoms with Crippen molar-refractivity contribution in [1.82, 2.24) is 5.32 Å². The van der Waals surface area contributed by atoms with Gasteiger partial charge in [-0.05, 0) is 29.5 Å². The number of anilines is 1. The first-order valence-electron chi connectivity index (χ1n) is 5.26. The van der Waals surface area contributed by atoms with Crippen molar-refractivity contribution in [3.8, 4) is 0 Å². The SMILES string of the molecule is CC1(C)CC1NCc1ccc(Cl)c(N)c1. The molecule has 0 spiro atoms. The van der Waals surface area contributed by atoms with Gasteiger partial charge in [-0.15, -0.1) is 0 Å². The summed E-state index contributed by atoms with van der Waals surface area (Å²) >= 11 is 5.86. The monoisotopic (exact) mass is 224 g/mol. The average Bonchev–Trinajstić information content (AvgIpc) is 2.77. The van der Waals surface area contributed by atoms with Crippen molar-refractivity contribution in [2.45, 2.75) is 32.9 Å². The highest BCUT2D eigenvalue weighted by atomic mass is 35.5. The van der Waals surface area contributed by atoms with Crippen molar-refractivity contribution in [3.05, 3.63) is 28.8 Å². The first-order valence-corrected chi connectivity index (χ1v) is 5.64. The summed E-state index contributed by atoms with van der Waals surface area (Å²) in [5, 5.41) is 4.14. The van der Waals surface area contributed by atoms with Crippen LogP contribution in [0.1, 0.15) is 25.8 Å². The van der Waals surface area contributed by atoms with E-state index < -0.39 is 0 Å². The predicted molar refractivity (Wildman–Crippen MR) is 64.9 cm³/mol. The van der Waals surface area contributed by atoms with Gasteiger partial charge in [0.1, 0.15) is 0 Å². The van der Waals surface area contributed by atoms with Gasteiger partial charge in [0.05, 0.1) is 10.7 Å². The molecule has 0 bridgehead atoms. The Kier molecular flexibility index (Phi) is 2.65. The lowest BCUT2D eigenvalue weighted by atomic mass is 10.1. The van der Waals surface area contributed by atoms with Crippen molar-refractivity contribution in [1.29, 1.82) is 0 Å². The van der Waals surface area contributed by atoms with E-state index in [9.17, 15) is 0 Å². The molecule has 0 heterocycles. The fourth-order valence-corrected chi connectivity index (χ4v) is 1.88. The Morgan fingerprint density at radius 3 is 2.73 bits per heavy atom. The molecule has 2 rings (SSSR count). The summed E-state index contributed by atoms with van der Waals surface area (Å²) in [5.41, 5.74) is 8.06. The zero-order valence-electron chi connectivity index (χ0n) is 9.18. The molecule has 1 aliphatic carbocycles. The number of rotatable bonds is 3. The van der Waals surface area contributed by atoms with Crippen LogP contribution in [0.5, 0.6) is 0 Å². The van der Waals surface area contributed by atoms with Crippen LogP contribution in [0.3, 0.4) is 0 Å². The predicted octanol–water partition coefficient (Wildman–Crippen LogP) is 2.81. The zero-order chi connectivity index (χ0) is 11.1. The summed E-state index contributed by atoms with van der Waals surface area (Å²) in [6.45, 7) is 5.43. The van der Waals surface area contributed by atoms with Gasteiger partial charge in [-0.25, -0.2) is 0 Å². The molecule has 0 radical (unpaired) electrons. The number of halogens is 1. The normalized spacial score (nSPS) is 22.7. The van der Waals surface area contributed by atoms with Crippen molar-refractivity contribution < 1.29 is 0 Å². The molecule has 1 aromatic carbocycles. The maximum absolute atomic E-state index is 5.86. The third-order valence-electron chi connectivity index (χ3n) is 3.13. The molecular weight excluding hydrogens is 208 g/mol. The van der Waals surface area contributed by atoms with Crippen LogP contribution >= 0.6 is 11.6 Å². The van der Waals surface area contributed by atoms with Gasteiger partial charge in [-0.1, -0.05) is 31.5 Å². The van der Waals surface area contributed by atoms with Gasteiger partial charge in [0.2, 0.25) is 0 Å². The van der Waals surface area contributed by atoms with E-state index in [2.05, 4.69) is 19.2 Å². The quantitative estimate of drug-likeness (QED) is 0.775. The Morgan fingerprint density at radius 1 is 1.53 bits per heavy atom. The fraction of sp³-hybridized carbons (Fsp3) is 0.500. The smallest absolute Gasteiger partial charge is 0.0635 e. The second-order valence-electron chi connectivity index (χ2n) is 4.98. The third-order valence-corrected chi connectivity index (χ3v) is 3.47. The minimum Gasteiger partial charge on any atom is -0.398 e. The van der Waals surface area contributed by atoms with Crippen LogP contribution in [0.4, 0.5) is 5.69 Å². The lowest BCUT2D eigenvalue weighted by Gasteiger charge is -2.07. The van der Waals surface area contributed by atoms with Gasteiger partial charge in [-0.3, -0.25) is 0 Å². The minimum atomic E-state index is 0.470. The molecule has 1 unspecified atom stereocenters. The maximum Gasteiger partial charge on any atom is 0.0635 e. The number of hydrogen-bond donors (Lipinski definition) is 2. The highest BCUT2D eigenvalue weighted by molar-refractivity contribution is 6.33. The van der Waals surface area contributed by atoms with E-state index in [-0.39, 0.29) is 0 Å². The summed E-state index contributed by atoms with van der Waals surface area (Å²) in [6.07, 6.45) is 1.26. The molecule has 1 saturated carbocycles. The van der Waals surface area contributed by atoms with E-state index >= 15 is 0 Å². The topological polar surface area (TPSA) is 38.0 Å². The highest BCUT2D eigenvalue weighted by Crippen LogP contribution is 2.44. The van der Waals surface area contributed by atoms with E-state index in [4.69, 9.17) is 17.3 Å². The number of nitrogens with two attached hydrogens (primary N) is 1. The van der Waals surface area contributed by atoms with Gasteiger partial charge < -0.3 is 11.1 Å². The molecule has 3 heteroatoms. The minimum absolute atomic E-state index is 0.470. The van der Waals surface area contributed by atoms with Crippen LogP contribution in [0.25, 0.3) is 0 Å². The van der Waals surface area contributed by atoms with E-state index in [1.807, 2.05) is 18.2 Å². The van der Waals surface area contributed by atoms with Crippen LogP contribution in [0.2, 0.25) is 5.02 Å². The molecule has 1 fully saturated rings. The van der Waals surface area contributed by atoms with Crippen molar-refractivity contribution in [3.63, 3.8) is 0 Å². The van der Waals surface area contributed by atoms with Crippen LogP contribution in [-0.4, -0.2) is 6.04 Å². The van der Waals surface area contributed by atoms with Crippen molar-refractivity contribution in [2.24, 2.45) is 5.41 Å². The Balaban J connectivity index is 1.92. The van der Waals surface area contributed by atoms with Crippen molar-refractivity contribution >= 4 is 17.3 Å². The molecule has 0 aliphatic heterocycles. The summed E-state index contributed by atoms with van der Waals surface area (Å²) in [6, 6.07) is 6.45. The lowest BCUT2D eigenvalue weighted by Crippen LogP contribution is -2.19. The zero-order valence-corrected chi connectivity index (χ0v) is 9.93. The molecular formula is C12H17ClN2. The largest absolute Gasteiger partial charge is 0.398 e. The molecule has 15 heavy (non-hydrogen) atoms. The van der Waals surface area contributed by atoms with Crippen LogP contribution in [0.15, 0.2) is 18.2 Å². The Bertz CT molecular complexity index is 374.